The molecular formula is C19H33IN6OS. The van der Waals surface area contributed by atoms with Crippen molar-refractivity contribution in [1.82, 2.24) is 19.6 Å². The van der Waals surface area contributed by atoms with Crippen LogP contribution in [-0.4, -0.2) is 71.7 Å². The number of piperazine rings is 1. The van der Waals surface area contributed by atoms with Crippen molar-refractivity contribution in [3.8, 4) is 0 Å². The quantitative estimate of drug-likeness (QED) is 0.374. The Morgan fingerprint density at radius 3 is 2.68 bits per heavy atom. The molecule has 0 amide bonds. The zero-order valence-electron chi connectivity index (χ0n) is 17.3. The smallest absolute Gasteiger partial charge is 0.205 e. The van der Waals surface area contributed by atoms with E-state index in [4.69, 9.17) is 9.73 Å². The average molecular weight is 520 g/mol. The molecular weight excluding hydrogens is 487 g/mol. The van der Waals surface area contributed by atoms with Crippen LogP contribution in [0.4, 0.5) is 5.13 Å². The first kappa shape index (κ1) is 22.0. The number of aliphatic imine (C=N–C) groups is 1. The molecule has 2 aliphatic heterocycles. The summed E-state index contributed by atoms with van der Waals surface area (Å²) in [4.78, 5) is 14.2. The minimum absolute atomic E-state index is 0. The number of ether oxygens (including phenoxy) is 1. The first-order valence-electron chi connectivity index (χ1n) is 10.3. The molecule has 158 valence electrons. The van der Waals surface area contributed by atoms with Gasteiger partial charge in [-0.25, -0.2) is 4.98 Å². The highest BCUT2D eigenvalue weighted by atomic mass is 127. The molecule has 3 fully saturated rings. The van der Waals surface area contributed by atoms with E-state index in [1.54, 1.807) is 0 Å². The van der Waals surface area contributed by atoms with Gasteiger partial charge in [-0.2, -0.15) is 4.37 Å². The van der Waals surface area contributed by atoms with Gasteiger partial charge in [0.25, 0.3) is 0 Å². The molecule has 3 unspecified atom stereocenters. The Labute approximate surface area is 189 Å². The Kier molecular flexibility index (Phi) is 7.07. The molecule has 4 rings (SSSR count). The molecule has 9 heteroatoms. The zero-order valence-corrected chi connectivity index (χ0v) is 20.5. The van der Waals surface area contributed by atoms with Crippen molar-refractivity contribution in [2.75, 3.05) is 44.2 Å². The summed E-state index contributed by atoms with van der Waals surface area (Å²) in [5.74, 6) is 2.64. The molecule has 3 aliphatic rings. The number of halogens is 1. The van der Waals surface area contributed by atoms with Crippen LogP contribution >= 0.6 is 35.5 Å². The molecule has 3 heterocycles. The van der Waals surface area contributed by atoms with Crippen LogP contribution in [-0.2, 0) is 11.2 Å². The lowest BCUT2D eigenvalue weighted by Gasteiger charge is -2.55. The predicted octanol–water partition coefficient (Wildman–Crippen LogP) is 2.62. The number of aryl methyl sites for hydroxylation is 1. The van der Waals surface area contributed by atoms with E-state index in [1.165, 1.54) is 11.5 Å². The van der Waals surface area contributed by atoms with Crippen LogP contribution in [0, 0.1) is 11.3 Å². The van der Waals surface area contributed by atoms with Gasteiger partial charge in [-0.3, -0.25) is 4.99 Å². The normalized spacial score (nSPS) is 29.1. The number of aromatic nitrogens is 2. The van der Waals surface area contributed by atoms with Gasteiger partial charge in [-0.05, 0) is 13.3 Å². The standard InChI is InChI=1S/C19H32N6OS.HI/c1-5-14-21-18(27-23-14)25-10-8-24(9-11-25)17(20-6-2)22-15-13-7-12-26-16(13)19(15,3)4;/h13,15-16H,5-12H2,1-4H3,(H,20,22);1H. The maximum Gasteiger partial charge on any atom is 0.205 e. The number of fused-ring (bicyclic) bond motifs is 1. The predicted molar refractivity (Wildman–Crippen MR) is 125 cm³/mol. The van der Waals surface area contributed by atoms with Crippen LogP contribution in [0.1, 0.15) is 39.9 Å². The first-order chi connectivity index (χ1) is 13.0. The lowest BCUT2D eigenvalue weighted by atomic mass is 9.57. The van der Waals surface area contributed by atoms with Crippen molar-refractivity contribution in [3.63, 3.8) is 0 Å². The van der Waals surface area contributed by atoms with E-state index in [0.29, 0.717) is 18.1 Å². The van der Waals surface area contributed by atoms with Crippen molar-refractivity contribution < 1.29 is 4.74 Å². The first-order valence-corrected chi connectivity index (χ1v) is 11.1. The van der Waals surface area contributed by atoms with Crippen molar-refractivity contribution in [2.24, 2.45) is 16.3 Å². The molecule has 0 aromatic carbocycles. The van der Waals surface area contributed by atoms with Crippen molar-refractivity contribution in [3.05, 3.63) is 5.82 Å². The molecule has 1 N–H and O–H groups in total. The second-order valence-electron chi connectivity index (χ2n) is 8.31. The fourth-order valence-corrected chi connectivity index (χ4v) is 5.57. The SMILES string of the molecule is CCN=C(NC1C2CCOC2C1(C)C)N1CCN(c2nc(CC)ns2)CC1.I. The van der Waals surface area contributed by atoms with Gasteiger partial charge in [0.15, 0.2) is 5.96 Å². The van der Waals surface area contributed by atoms with E-state index in [0.717, 1.165) is 69.1 Å². The second-order valence-corrected chi connectivity index (χ2v) is 9.04. The van der Waals surface area contributed by atoms with Crippen LogP contribution in [0.2, 0.25) is 0 Å². The second kappa shape index (κ2) is 8.99. The number of hydrogen-bond donors (Lipinski definition) is 1. The number of nitrogens with one attached hydrogen (secondary N) is 1. The van der Waals surface area contributed by atoms with Gasteiger partial charge >= 0.3 is 0 Å². The zero-order chi connectivity index (χ0) is 19.0. The van der Waals surface area contributed by atoms with Gasteiger partial charge in [0, 0.05) is 74.7 Å². The Morgan fingerprint density at radius 1 is 1.29 bits per heavy atom. The number of hydrogen-bond acceptors (Lipinski definition) is 6. The maximum atomic E-state index is 5.95. The van der Waals surface area contributed by atoms with Crippen LogP contribution in [0.25, 0.3) is 0 Å². The minimum atomic E-state index is 0. The monoisotopic (exact) mass is 520 g/mol. The van der Waals surface area contributed by atoms with Crippen LogP contribution in [0.5, 0.6) is 0 Å². The van der Waals surface area contributed by atoms with E-state index < -0.39 is 0 Å². The van der Waals surface area contributed by atoms with Gasteiger partial charge in [-0.15, -0.1) is 24.0 Å². The molecule has 1 saturated carbocycles. The minimum Gasteiger partial charge on any atom is -0.377 e. The molecule has 1 aliphatic carbocycles. The third-order valence-corrected chi connectivity index (χ3v) is 7.13. The Morgan fingerprint density at radius 2 is 2.04 bits per heavy atom. The Hall–Kier alpha value is -0.680. The van der Waals surface area contributed by atoms with Gasteiger partial charge in [0.05, 0.1) is 6.10 Å². The topological polar surface area (TPSA) is 65.9 Å². The van der Waals surface area contributed by atoms with Gasteiger partial charge in [0.2, 0.25) is 5.13 Å². The van der Waals surface area contributed by atoms with Crippen molar-refractivity contribution >= 4 is 46.6 Å². The summed E-state index contributed by atoms with van der Waals surface area (Å²) in [6.45, 7) is 14.4. The third-order valence-electron chi connectivity index (χ3n) is 6.32. The van der Waals surface area contributed by atoms with Gasteiger partial charge in [0.1, 0.15) is 5.82 Å². The Bertz CT molecular complexity index is 688. The van der Waals surface area contributed by atoms with Crippen LogP contribution < -0.4 is 10.2 Å². The highest BCUT2D eigenvalue weighted by Gasteiger charge is 2.59. The van der Waals surface area contributed by atoms with E-state index in [2.05, 4.69) is 52.2 Å². The number of anilines is 1. The van der Waals surface area contributed by atoms with Gasteiger partial charge < -0.3 is 19.9 Å². The summed E-state index contributed by atoms with van der Waals surface area (Å²) < 4.78 is 10.4. The summed E-state index contributed by atoms with van der Waals surface area (Å²) in [5, 5.41) is 4.86. The van der Waals surface area contributed by atoms with Crippen LogP contribution in [0.3, 0.4) is 0 Å². The largest absolute Gasteiger partial charge is 0.377 e. The molecule has 7 nitrogen and oxygen atoms in total. The van der Waals surface area contributed by atoms with Crippen molar-refractivity contribution in [1.29, 1.82) is 0 Å². The summed E-state index contributed by atoms with van der Waals surface area (Å²) in [7, 11) is 0. The maximum absolute atomic E-state index is 5.95. The lowest BCUT2D eigenvalue weighted by Crippen LogP contribution is -2.68. The van der Waals surface area contributed by atoms with Gasteiger partial charge in [-0.1, -0.05) is 20.8 Å². The third kappa shape index (κ3) is 3.98. The molecule has 0 bridgehead atoms. The molecule has 2 saturated heterocycles. The van der Waals surface area contributed by atoms with E-state index in [1.807, 2.05) is 0 Å². The number of rotatable bonds is 4. The fraction of sp³-hybridized carbons (Fsp3) is 0.842. The molecule has 0 spiro atoms. The molecule has 28 heavy (non-hydrogen) atoms. The highest BCUT2D eigenvalue weighted by Crippen LogP contribution is 2.52. The Balaban J connectivity index is 0.00000225. The molecule has 3 atom stereocenters. The summed E-state index contributed by atoms with van der Waals surface area (Å²) in [5.41, 5.74) is 0.167. The molecule has 1 aromatic rings. The highest BCUT2D eigenvalue weighted by molar-refractivity contribution is 14.0. The van der Waals surface area contributed by atoms with E-state index in [-0.39, 0.29) is 29.4 Å². The lowest BCUT2D eigenvalue weighted by molar-refractivity contribution is -0.107. The van der Waals surface area contributed by atoms with Crippen LogP contribution in [0.15, 0.2) is 4.99 Å². The number of guanidine groups is 1. The van der Waals surface area contributed by atoms with E-state index in [9.17, 15) is 0 Å². The molecule has 0 radical (unpaired) electrons. The van der Waals surface area contributed by atoms with E-state index >= 15 is 0 Å². The number of nitrogens with zero attached hydrogens (tertiary/aromatic N) is 5. The summed E-state index contributed by atoms with van der Waals surface area (Å²) in [6.07, 6.45) is 2.46. The van der Waals surface area contributed by atoms with Crippen molar-refractivity contribution in [2.45, 2.75) is 52.7 Å². The average Bonchev–Trinajstić information content (AvgIpc) is 3.33. The fourth-order valence-electron chi connectivity index (χ4n) is 4.77. The summed E-state index contributed by atoms with van der Waals surface area (Å²) >= 11 is 1.52. The molecule has 1 aromatic heterocycles. The summed E-state index contributed by atoms with van der Waals surface area (Å²) in [6, 6.07) is 0.448.